The lowest BCUT2D eigenvalue weighted by atomic mass is 9.91. The molecule has 0 amide bonds. The Balaban J connectivity index is 2.46. The molecule has 22 heavy (non-hydrogen) atoms. The Morgan fingerprint density at radius 2 is 1.77 bits per heavy atom. The van der Waals surface area contributed by atoms with Crippen LogP contribution in [0.25, 0.3) is 0 Å². The van der Waals surface area contributed by atoms with Gasteiger partial charge in [0.25, 0.3) is 0 Å². The summed E-state index contributed by atoms with van der Waals surface area (Å²) in [6, 6.07) is 3.92. The zero-order chi connectivity index (χ0) is 15.9. The fourth-order valence-electron chi connectivity index (χ4n) is 3.21. The van der Waals surface area contributed by atoms with Crippen LogP contribution in [-0.4, -0.2) is 20.2 Å². The second-order valence-corrected chi connectivity index (χ2v) is 5.77. The summed E-state index contributed by atoms with van der Waals surface area (Å²) in [7, 11) is 3.31. The van der Waals surface area contributed by atoms with E-state index in [2.05, 4.69) is 0 Å². The number of methoxy groups -OCH3 is 2. The number of esters is 1. The molecular formula is C18H26O4. The van der Waals surface area contributed by atoms with Gasteiger partial charge in [-0.05, 0) is 37.3 Å². The molecule has 122 valence electrons. The van der Waals surface area contributed by atoms with Gasteiger partial charge in [-0.2, -0.15) is 0 Å². The maximum absolute atomic E-state index is 11.5. The highest BCUT2D eigenvalue weighted by Gasteiger charge is 2.23. The molecule has 1 aliphatic carbocycles. The van der Waals surface area contributed by atoms with Gasteiger partial charge in [-0.1, -0.05) is 25.3 Å². The molecule has 0 bridgehead atoms. The second-order valence-electron chi connectivity index (χ2n) is 5.77. The van der Waals surface area contributed by atoms with Crippen LogP contribution in [0.15, 0.2) is 12.1 Å². The highest BCUT2D eigenvalue weighted by Crippen LogP contribution is 2.40. The van der Waals surface area contributed by atoms with Crippen molar-refractivity contribution >= 4 is 5.97 Å². The Morgan fingerprint density at radius 1 is 1.05 bits per heavy atom. The van der Waals surface area contributed by atoms with E-state index >= 15 is 0 Å². The van der Waals surface area contributed by atoms with Gasteiger partial charge in [0.1, 0.15) is 6.10 Å². The van der Waals surface area contributed by atoms with Crippen LogP contribution in [0.4, 0.5) is 0 Å². The number of ether oxygens (including phenoxy) is 3. The fourth-order valence-corrected chi connectivity index (χ4v) is 3.21. The van der Waals surface area contributed by atoms with Crippen molar-refractivity contribution in [3.8, 4) is 11.5 Å². The fraction of sp³-hybridized carbons (Fsp3) is 0.611. The number of hydrogen-bond donors (Lipinski definition) is 0. The van der Waals surface area contributed by atoms with E-state index in [-0.39, 0.29) is 12.1 Å². The third kappa shape index (κ3) is 3.93. The number of rotatable bonds is 3. The lowest BCUT2D eigenvalue weighted by Gasteiger charge is -2.24. The first kappa shape index (κ1) is 16.7. The normalized spacial score (nSPS) is 19.0. The van der Waals surface area contributed by atoms with Crippen molar-refractivity contribution in [2.75, 3.05) is 14.2 Å². The first-order valence-electron chi connectivity index (χ1n) is 8.08. The smallest absolute Gasteiger partial charge is 0.303 e. The number of benzene rings is 1. The lowest BCUT2D eigenvalue weighted by Crippen LogP contribution is -2.13. The molecule has 0 N–H and O–H groups in total. The SMILES string of the molecule is COc1ccc2c(c1OC)CCCCCCCC2OC(C)=O. The minimum atomic E-state index is -0.234. The maximum atomic E-state index is 11.5. The monoisotopic (exact) mass is 306 g/mol. The zero-order valence-corrected chi connectivity index (χ0v) is 13.8. The first-order valence-corrected chi connectivity index (χ1v) is 8.08. The van der Waals surface area contributed by atoms with Crippen LogP contribution in [0.2, 0.25) is 0 Å². The lowest BCUT2D eigenvalue weighted by molar-refractivity contribution is -0.147. The molecule has 2 rings (SSSR count). The second kappa shape index (κ2) is 8.06. The molecule has 1 aromatic rings. The van der Waals surface area contributed by atoms with Gasteiger partial charge in [0.05, 0.1) is 14.2 Å². The van der Waals surface area contributed by atoms with E-state index < -0.39 is 0 Å². The molecule has 0 aromatic heterocycles. The van der Waals surface area contributed by atoms with Crippen molar-refractivity contribution in [2.45, 2.75) is 58.0 Å². The molecule has 1 unspecified atom stereocenters. The summed E-state index contributed by atoms with van der Waals surface area (Å²) in [5, 5.41) is 0. The summed E-state index contributed by atoms with van der Waals surface area (Å²) < 4.78 is 16.6. The molecule has 0 aliphatic heterocycles. The van der Waals surface area contributed by atoms with Crippen LogP contribution in [-0.2, 0) is 16.0 Å². The van der Waals surface area contributed by atoms with E-state index in [0.29, 0.717) is 0 Å². The summed E-state index contributed by atoms with van der Waals surface area (Å²) in [6.45, 7) is 1.47. The zero-order valence-electron chi connectivity index (χ0n) is 13.8. The number of fused-ring (bicyclic) bond motifs is 1. The maximum Gasteiger partial charge on any atom is 0.303 e. The Morgan fingerprint density at radius 3 is 2.45 bits per heavy atom. The average molecular weight is 306 g/mol. The highest BCUT2D eigenvalue weighted by atomic mass is 16.5. The van der Waals surface area contributed by atoms with E-state index in [1.165, 1.54) is 26.2 Å². The molecule has 0 fully saturated rings. The predicted octanol–water partition coefficient (Wildman–Crippen LogP) is 4.20. The largest absolute Gasteiger partial charge is 0.493 e. The molecule has 4 nitrogen and oxygen atoms in total. The first-order chi connectivity index (χ1) is 10.7. The summed E-state index contributed by atoms with van der Waals surface area (Å²) in [4.78, 5) is 11.5. The molecule has 1 atom stereocenters. The van der Waals surface area contributed by atoms with Gasteiger partial charge in [-0.25, -0.2) is 0 Å². The molecule has 0 spiro atoms. The standard InChI is InChI=1S/C18H26O4/c1-13(19)22-16-10-8-6-4-5-7-9-15-14(16)11-12-17(20-2)18(15)21-3/h11-12,16H,4-10H2,1-3H3. The van der Waals surface area contributed by atoms with Gasteiger partial charge in [0, 0.05) is 12.5 Å². The van der Waals surface area contributed by atoms with Crippen LogP contribution >= 0.6 is 0 Å². The number of carbonyl (C=O) groups is 1. The van der Waals surface area contributed by atoms with Gasteiger partial charge in [-0.3, -0.25) is 4.79 Å². The summed E-state index contributed by atoms with van der Waals surface area (Å²) in [5.41, 5.74) is 2.18. The minimum absolute atomic E-state index is 0.189. The predicted molar refractivity (Wildman–Crippen MR) is 85.5 cm³/mol. The van der Waals surface area contributed by atoms with Crippen LogP contribution in [0.1, 0.15) is 62.7 Å². The van der Waals surface area contributed by atoms with E-state index in [1.807, 2.05) is 12.1 Å². The Labute approximate surface area is 132 Å². The van der Waals surface area contributed by atoms with E-state index in [0.717, 1.165) is 48.3 Å². The minimum Gasteiger partial charge on any atom is -0.493 e. The molecule has 0 saturated carbocycles. The van der Waals surface area contributed by atoms with Crippen molar-refractivity contribution < 1.29 is 19.0 Å². The summed E-state index contributed by atoms with van der Waals surface area (Å²) >= 11 is 0. The molecule has 1 aliphatic rings. The summed E-state index contributed by atoms with van der Waals surface area (Å²) in [5.74, 6) is 1.28. The van der Waals surface area contributed by atoms with Gasteiger partial charge < -0.3 is 14.2 Å². The van der Waals surface area contributed by atoms with Crippen LogP contribution in [0.3, 0.4) is 0 Å². The Kier molecular flexibility index (Phi) is 6.10. The molecule has 0 radical (unpaired) electrons. The van der Waals surface area contributed by atoms with E-state index in [9.17, 15) is 4.79 Å². The van der Waals surface area contributed by atoms with Crippen LogP contribution in [0, 0.1) is 0 Å². The average Bonchev–Trinajstić information content (AvgIpc) is 2.51. The topological polar surface area (TPSA) is 44.8 Å². The molecular weight excluding hydrogens is 280 g/mol. The van der Waals surface area contributed by atoms with Crippen molar-refractivity contribution in [3.63, 3.8) is 0 Å². The van der Waals surface area contributed by atoms with Gasteiger partial charge >= 0.3 is 5.97 Å². The van der Waals surface area contributed by atoms with E-state index in [4.69, 9.17) is 14.2 Å². The number of carbonyl (C=O) groups excluding carboxylic acids is 1. The highest BCUT2D eigenvalue weighted by molar-refractivity contribution is 5.66. The summed E-state index contributed by atoms with van der Waals surface area (Å²) in [6.07, 6.45) is 7.43. The Hall–Kier alpha value is -1.71. The van der Waals surface area contributed by atoms with Gasteiger partial charge in [0.2, 0.25) is 0 Å². The van der Waals surface area contributed by atoms with Crippen LogP contribution < -0.4 is 9.47 Å². The van der Waals surface area contributed by atoms with Crippen molar-refractivity contribution in [2.24, 2.45) is 0 Å². The van der Waals surface area contributed by atoms with Crippen molar-refractivity contribution in [3.05, 3.63) is 23.3 Å². The van der Waals surface area contributed by atoms with Crippen molar-refractivity contribution in [1.29, 1.82) is 0 Å². The molecule has 0 heterocycles. The molecule has 1 aromatic carbocycles. The number of hydrogen-bond acceptors (Lipinski definition) is 4. The van der Waals surface area contributed by atoms with Gasteiger partial charge in [-0.15, -0.1) is 0 Å². The quantitative estimate of drug-likeness (QED) is 0.785. The molecule has 4 heteroatoms. The van der Waals surface area contributed by atoms with Crippen LogP contribution in [0.5, 0.6) is 11.5 Å². The third-order valence-corrected chi connectivity index (χ3v) is 4.23. The van der Waals surface area contributed by atoms with E-state index in [1.54, 1.807) is 14.2 Å². The Bertz CT molecular complexity index is 510. The van der Waals surface area contributed by atoms with Gasteiger partial charge in [0.15, 0.2) is 11.5 Å². The third-order valence-electron chi connectivity index (χ3n) is 4.23. The van der Waals surface area contributed by atoms with Crippen molar-refractivity contribution in [1.82, 2.24) is 0 Å². The molecule has 0 saturated heterocycles.